The molecule has 1 aromatic rings. The molecule has 4 amide bonds. The second-order valence-electron chi connectivity index (χ2n) is 14.9. The van der Waals surface area contributed by atoms with E-state index in [1.807, 2.05) is 0 Å². The number of aromatic hydroxyl groups is 1. The van der Waals surface area contributed by atoms with Crippen LogP contribution < -0.4 is 16.1 Å². The number of aliphatic hydroxyl groups is 1. The molecule has 0 aliphatic carbocycles. The van der Waals surface area contributed by atoms with Gasteiger partial charge in [-0.1, -0.05) is 68.5 Å². The Balaban J connectivity index is 2.07. The number of allylic oxidation sites excluding steroid dienone is 6. The number of rotatable bonds is 10. The molecule has 1 aromatic carbocycles. The maximum atomic E-state index is 14.3. The summed E-state index contributed by atoms with van der Waals surface area (Å²) >= 11 is 0. The third-order valence-corrected chi connectivity index (χ3v) is 9.96. The predicted molar refractivity (Wildman–Crippen MR) is 217 cm³/mol. The Bertz CT molecular complexity index is 1780. The summed E-state index contributed by atoms with van der Waals surface area (Å²) in [6.07, 6.45) is 12.1. The van der Waals surface area contributed by atoms with E-state index >= 15 is 0 Å². The van der Waals surface area contributed by atoms with E-state index in [-0.39, 0.29) is 43.8 Å². The van der Waals surface area contributed by atoms with Gasteiger partial charge in [-0.3, -0.25) is 33.8 Å². The molecule has 1 fully saturated rings. The number of hydrogen-bond donors (Lipinski definition) is 5. The van der Waals surface area contributed by atoms with Gasteiger partial charge in [0.15, 0.2) is 0 Å². The average Bonchev–Trinajstić information content (AvgIpc) is 3.18. The number of carbonyl (C=O) groups is 6. The van der Waals surface area contributed by atoms with Crippen LogP contribution >= 0.6 is 0 Å². The number of amides is 4. The number of hydrazine groups is 1. The van der Waals surface area contributed by atoms with Crippen LogP contribution in [0, 0.1) is 11.8 Å². The van der Waals surface area contributed by atoms with Crippen LogP contribution in [0.15, 0.2) is 84.0 Å². The van der Waals surface area contributed by atoms with Gasteiger partial charge in [0.05, 0.1) is 19.1 Å². The standard InChI is InChI=1S/C43H59N5O10/c1-27(2)38-41(54)44-35(26-31-17-13-18-32(50)25-31)42(55)48-24-14-19-34(46-48)43(56)58-36(28(3)16-12-21-37(51)47(6)57-7)20-11-9-8-10-15-29(4)39(52)33(40(53)45-38)23-22-30(5)49/h8-13,15-18,21,25,27,33-36,38-39,46,50,52H,14,19-20,22-24,26H2,1-7H3,(H,44,54)(H,45,53). The van der Waals surface area contributed by atoms with Gasteiger partial charge in [-0.15, -0.1) is 0 Å². The Hall–Kier alpha value is -5.38. The number of likely N-dealkylation sites (N-methyl/N-ethyl adjacent to an activating group) is 1. The van der Waals surface area contributed by atoms with Crippen molar-refractivity contribution in [3.05, 3.63) is 89.6 Å². The van der Waals surface area contributed by atoms with Crippen molar-refractivity contribution in [1.29, 1.82) is 0 Å². The monoisotopic (exact) mass is 805 g/mol. The minimum atomic E-state index is -1.29. The second kappa shape index (κ2) is 23.1. The lowest BCUT2D eigenvalue weighted by Gasteiger charge is -2.36. The van der Waals surface area contributed by atoms with Crippen molar-refractivity contribution >= 4 is 35.4 Å². The lowest BCUT2D eigenvalue weighted by Crippen LogP contribution is -2.62. The van der Waals surface area contributed by atoms with Gasteiger partial charge in [0.25, 0.3) is 11.8 Å². The maximum Gasteiger partial charge on any atom is 0.325 e. The molecule has 0 aromatic heterocycles. The van der Waals surface area contributed by atoms with Crippen LogP contribution in [0.3, 0.4) is 0 Å². The van der Waals surface area contributed by atoms with E-state index in [0.29, 0.717) is 29.6 Å². The number of nitrogens with one attached hydrogen (secondary N) is 3. The topological polar surface area (TPSA) is 204 Å². The van der Waals surface area contributed by atoms with Gasteiger partial charge in [-0.05, 0) is 74.8 Å². The van der Waals surface area contributed by atoms with Crippen molar-refractivity contribution < 1.29 is 48.6 Å². The molecule has 15 heteroatoms. The largest absolute Gasteiger partial charge is 0.508 e. The first-order chi connectivity index (χ1) is 27.5. The van der Waals surface area contributed by atoms with Gasteiger partial charge in [0, 0.05) is 38.9 Å². The van der Waals surface area contributed by atoms with E-state index in [0.717, 1.165) is 5.06 Å². The van der Waals surface area contributed by atoms with Crippen LogP contribution in [-0.2, 0) is 44.8 Å². The lowest BCUT2D eigenvalue weighted by atomic mass is 9.89. The molecular weight excluding hydrogens is 746 g/mol. The van der Waals surface area contributed by atoms with Gasteiger partial charge in [0.1, 0.15) is 35.8 Å². The van der Waals surface area contributed by atoms with Crippen molar-refractivity contribution in [1.82, 2.24) is 26.1 Å². The molecule has 2 bridgehead atoms. The number of ketones is 1. The van der Waals surface area contributed by atoms with Crippen molar-refractivity contribution in [3.63, 3.8) is 0 Å². The fourth-order valence-electron chi connectivity index (χ4n) is 6.37. The van der Waals surface area contributed by atoms with Crippen molar-refractivity contribution in [2.75, 3.05) is 20.7 Å². The quantitative estimate of drug-likeness (QED) is 0.101. The molecule has 2 aliphatic rings. The van der Waals surface area contributed by atoms with Gasteiger partial charge in [-0.2, -0.15) is 0 Å². The molecule has 3 rings (SSSR count). The first-order valence-corrected chi connectivity index (χ1v) is 19.5. The van der Waals surface area contributed by atoms with Crippen LogP contribution in [0.2, 0.25) is 0 Å². The van der Waals surface area contributed by atoms with Gasteiger partial charge >= 0.3 is 5.97 Å². The minimum absolute atomic E-state index is 0.0276. The number of Topliss-reactive ketones (excluding diaryl/α,β-unsaturated/α-hetero) is 1. The van der Waals surface area contributed by atoms with E-state index in [9.17, 15) is 39.0 Å². The van der Waals surface area contributed by atoms with Gasteiger partial charge in [0.2, 0.25) is 11.8 Å². The van der Waals surface area contributed by atoms with Crippen LogP contribution in [0.4, 0.5) is 0 Å². The van der Waals surface area contributed by atoms with E-state index in [2.05, 4.69) is 16.1 Å². The molecule has 1 saturated heterocycles. The van der Waals surface area contributed by atoms with E-state index in [1.54, 1.807) is 76.3 Å². The van der Waals surface area contributed by atoms with Gasteiger partial charge in [-0.25, -0.2) is 10.5 Å². The predicted octanol–water partition coefficient (Wildman–Crippen LogP) is 3.30. The third kappa shape index (κ3) is 14.5. The molecule has 6 atom stereocenters. The summed E-state index contributed by atoms with van der Waals surface area (Å²) in [5.41, 5.74) is 4.62. The molecule has 316 valence electrons. The van der Waals surface area contributed by atoms with Crippen LogP contribution in [0.1, 0.15) is 72.3 Å². The molecule has 5 N–H and O–H groups in total. The van der Waals surface area contributed by atoms with Crippen molar-refractivity contribution in [3.8, 4) is 5.75 Å². The third-order valence-electron chi connectivity index (χ3n) is 9.96. The molecule has 2 heterocycles. The summed E-state index contributed by atoms with van der Waals surface area (Å²) in [6, 6.07) is 3.03. The highest BCUT2D eigenvalue weighted by atomic mass is 16.7. The summed E-state index contributed by atoms with van der Waals surface area (Å²) in [4.78, 5) is 85.0. The molecule has 0 saturated carbocycles. The summed E-state index contributed by atoms with van der Waals surface area (Å²) < 4.78 is 6.01. The summed E-state index contributed by atoms with van der Waals surface area (Å²) in [6.45, 7) is 8.49. The Morgan fingerprint density at radius 1 is 1.09 bits per heavy atom. The highest BCUT2D eigenvalue weighted by molar-refractivity contribution is 5.93. The van der Waals surface area contributed by atoms with Crippen LogP contribution in [0.5, 0.6) is 5.75 Å². The van der Waals surface area contributed by atoms with E-state index in [4.69, 9.17) is 9.57 Å². The SMILES string of the molecule is CON(C)C(=O)C=CC=C(C)C1CC=CC=CC=C(C)C(O)C(CCC(C)=O)C(=O)NC(C(C)C)C(=O)NC(Cc2cccc(O)c2)C(=O)N2CCCC(N2)C(=O)O1. The first kappa shape index (κ1) is 47.0. The number of phenols is 1. The maximum absolute atomic E-state index is 14.3. The fourth-order valence-corrected chi connectivity index (χ4v) is 6.37. The van der Waals surface area contributed by atoms with Crippen LogP contribution in [0.25, 0.3) is 0 Å². The lowest BCUT2D eigenvalue weighted by molar-refractivity contribution is -0.162. The normalized spacial score (nSPS) is 24.7. The number of benzene rings is 1. The highest BCUT2D eigenvalue weighted by Crippen LogP contribution is 2.22. The summed E-state index contributed by atoms with van der Waals surface area (Å²) in [7, 11) is 2.84. The molecule has 0 radical (unpaired) electrons. The van der Waals surface area contributed by atoms with E-state index in [1.165, 1.54) is 50.4 Å². The first-order valence-electron chi connectivity index (χ1n) is 19.5. The molecule has 6 unspecified atom stereocenters. The summed E-state index contributed by atoms with van der Waals surface area (Å²) in [5.74, 6) is -4.57. The minimum Gasteiger partial charge on any atom is -0.508 e. The Morgan fingerprint density at radius 2 is 1.83 bits per heavy atom. The van der Waals surface area contributed by atoms with Crippen LogP contribution in [-0.4, -0.2) is 107 Å². The molecule has 0 spiro atoms. The van der Waals surface area contributed by atoms with Crippen molar-refractivity contribution in [2.45, 2.75) is 103 Å². The zero-order chi connectivity index (χ0) is 42.9. The molecule has 15 nitrogen and oxygen atoms in total. The molecule has 58 heavy (non-hydrogen) atoms. The summed E-state index contributed by atoms with van der Waals surface area (Å²) in [5, 5.41) is 29.5. The Morgan fingerprint density at radius 3 is 2.50 bits per heavy atom. The number of esters is 1. The molecule has 2 aliphatic heterocycles. The number of carbonyl (C=O) groups excluding carboxylic acids is 6. The number of hydroxylamine groups is 2. The zero-order valence-corrected chi connectivity index (χ0v) is 34.5. The van der Waals surface area contributed by atoms with Crippen molar-refractivity contribution in [2.24, 2.45) is 11.8 Å². The number of fused-ring (bicyclic) bond motifs is 2. The Labute approximate surface area is 340 Å². The molecular formula is C43H59N5O10. The zero-order valence-electron chi connectivity index (χ0n) is 34.5. The number of ether oxygens (including phenoxy) is 1. The number of cyclic esters (lactones) is 1. The number of phenolic OH excluding ortho intramolecular Hbond substituents is 1. The second-order valence-corrected chi connectivity index (χ2v) is 14.9. The fraction of sp³-hybridized carbons (Fsp3) is 0.488. The van der Waals surface area contributed by atoms with Gasteiger partial charge < -0.3 is 30.4 Å². The highest BCUT2D eigenvalue weighted by Gasteiger charge is 2.37. The number of aliphatic hydroxyl groups excluding tert-OH is 1. The smallest absolute Gasteiger partial charge is 0.325 e. The Kier molecular flexibility index (Phi) is 18.7. The number of nitrogens with zero attached hydrogens (tertiary/aromatic N) is 2. The average molecular weight is 806 g/mol. The van der Waals surface area contributed by atoms with E-state index < -0.39 is 71.8 Å². The number of hydrogen-bond acceptors (Lipinski definition) is 11.